The second-order valence-electron chi connectivity index (χ2n) is 2.64. The molecule has 0 radical (unpaired) electrons. The van der Waals surface area contributed by atoms with Crippen LogP contribution in [-0.4, -0.2) is 9.97 Å². The molecule has 1 aromatic carbocycles. The van der Waals surface area contributed by atoms with Gasteiger partial charge in [0.15, 0.2) is 0 Å². The van der Waals surface area contributed by atoms with Crippen molar-refractivity contribution in [2.45, 2.75) is 6.92 Å². The molecule has 0 saturated carbocycles. The van der Waals surface area contributed by atoms with Gasteiger partial charge in [-0.3, -0.25) is 0 Å². The van der Waals surface area contributed by atoms with Crippen LogP contribution in [0.2, 0.25) is 5.15 Å². The number of hydrogen-bond donors (Lipinski definition) is 0. The summed E-state index contributed by atoms with van der Waals surface area (Å²) < 4.78 is 0. The predicted octanol–water partition coefficient (Wildman–Crippen LogP) is 2.59. The van der Waals surface area contributed by atoms with Gasteiger partial charge in [0, 0.05) is 5.39 Å². The van der Waals surface area contributed by atoms with E-state index in [1.807, 2.05) is 25.1 Å². The molecule has 0 saturated heterocycles. The first-order chi connectivity index (χ1) is 5.79. The Morgan fingerprint density at radius 2 is 2.08 bits per heavy atom. The Hall–Kier alpha value is -1.15. The maximum atomic E-state index is 5.88. The van der Waals surface area contributed by atoms with Crippen molar-refractivity contribution in [1.29, 1.82) is 0 Å². The van der Waals surface area contributed by atoms with Gasteiger partial charge in [-0.1, -0.05) is 23.7 Å². The Morgan fingerprint density at radius 3 is 2.83 bits per heavy atom. The fraction of sp³-hybridized carbons (Fsp3) is 0.111. The molecule has 60 valence electrons. The minimum atomic E-state index is 0.517. The molecule has 1 aromatic heterocycles. The molecule has 2 nitrogen and oxygen atoms in total. The Bertz CT molecular complexity index is 385. The van der Waals surface area contributed by atoms with Gasteiger partial charge in [-0.2, -0.15) is 0 Å². The Morgan fingerprint density at radius 1 is 1.25 bits per heavy atom. The number of aromatic nitrogens is 2. The van der Waals surface area contributed by atoms with Crippen LogP contribution in [0.25, 0.3) is 10.9 Å². The van der Waals surface area contributed by atoms with Gasteiger partial charge in [-0.25, -0.2) is 9.97 Å². The summed E-state index contributed by atoms with van der Waals surface area (Å²) in [6.07, 6.45) is 1.48. The molecule has 0 aliphatic carbocycles. The normalized spacial score (nSPS) is 10.5. The maximum absolute atomic E-state index is 5.88. The van der Waals surface area contributed by atoms with Gasteiger partial charge < -0.3 is 0 Å². The smallest absolute Gasteiger partial charge is 0.140 e. The highest BCUT2D eigenvalue weighted by Crippen LogP contribution is 2.20. The highest BCUT2D eigenvalue weighted by Gasteiger charge is 2.01. The minimum absolute atomic E-state index is 0.517. The lowest BCUT2D eigenvalue weighted by atomic mass is 10.1. The molecule has 1 heterocycles. The van der Waals surface area contributed by atoms with Crippen molar-refractivity contribution in [2.24, 2.45) is 0 Å². The summed E-state index contributed by atoms with van der Waals surface area (Å²) in [4.78, 5) is 8.05. The molecule has 0 amide bonds. The maximum Gasteiger partial charge on any atom is 0.140 e. The second-order valence-corrected chi connectivity index (χ2v) is 2.99. The molecular formula is C9H7ClN2. The van der Waals surface area contributed by atoms with E-state index >= 15 is 0 Å². The monoisotopic (exact) mass is 178 g/mol. The lowest BCUT2D eigenvalue weighted by molar-refractivity contribution is 1.21. The van der Waals surface area contributed by atoms with Gasteiger partial charge in [0.2, 0.25) is 0 Å². The second kappa shape index (κ2) is 2.72. The zero-order valence-corrected chi connectivity index (χ0v) is 7.34. The zero-order chi connectivity index (χ0) is 8.55. The first-order valence-electron chi connectivity index (χ1n) is 3.65. The molecular weight excluding hydrogens is 172 g/mol. The van der Waals surface area contributed by atoms with Gasteiger partial charge in [0.05, 0.1) is 5.52 Å². The summed E-state index contributed by atoms with van der Waals surface area (Å²) in [5.74, 6) is 0. The average Bonchev–Trinajstić information content (AvgIpc) is 2.07. The molecule has 0 fully saturated rings. The third-order valence-corrected chi connectivity index (χ3v) is 2.12. The summed E-state index contributed by atoms with van der Waals surface area (Å²) in [5, 5.41) is 1.43. The summed E-state index contributed by atoms with van der Waals surface area (Å²) in [6.45, 7) is 2.01. The highest BCUT2D eigenvalue weighted by molar-refractivity contribution is 6.34. The fourth-order valence-corrected chi connectivity index (χ4v) is 1.40. The van der Waals surface area contributed by atoms with Crippen LogP contribution < -0.4 is 0 Å². The van der Waals surface area contributed by atoms with Crippen LogP contribution in [0.4, 0.5) is 0 Å². The third kappa shape index (κ3) is 1.04. The van der Waals surface area contributed by atoms with E-state index in [4.69, 9.17) is 11.6 Å². The van der Waals surface area contributed by atoms with E-state index in [9.17, 15) is 0 Å². The quantitative estimate of drug-likeness (QED) is 0.580. The summed E-state index contributed by atoms with van der Waals surface area (Å²) >= 11 is 5.88. The number of nitrogens with zero attached hydrogens (tertiary/aromatic N) is 2. The van der Waals surface area contributed by atoms with Gasteiger partial charge in [-0.05, 0) is 18.6 Å². The summed E-state index contributed by atoms with van der Waals surface area (Å²) in [5.41, 5.74) is 2.05. The average molecular weight is 179 g/mol. The molecule has 0 aliphatic heterocycles. The van der Waals surface area contributed by atoms with Gasteiger partial charge in [0.1, 0.15) is 11.5 Å². The van der Waals surface area contributed by atoms with Crippen LogP contribution in [0, 0.1) is 6.92 Å². The number of fused-ring (bicyclic) bond motifs is 1. The van der Waals surface area contributed by atoms with Crippen LogP contribution in [0.1, 0.15) is 5.56 Å². The van der Waals surface area contributed by atoms with E-state index < -0.39 is 0 Å². The van der Waals surface area contributed by atoms with Crippen LogP contribution in [-0.2, 0) is 0 Å². The van der Waals surface area contributed by atoms with Crippen molar-refractivity contribution in [3.05, 3.63) is 35.2 Å². The Balaban J connectivity index is 2.94. The van der Waals surface area contributed by atoms with Crippen molar-refractivity contribution in [3.8, 4) is 0 Å². The highest BCUT2D eigenvalue weighted by atomic mass is 35.5. The van der Waals surface area contributed by atoms with Crippen LogP contribution >= 0.6 is 11.6 Å². The standard InChI is InChI=1S/C9H7ClN2/c1-6-3-2-4-7-8(6)11-5-12-9(7)10/h2-5H,1H3. The molecule has 0 atom stereocenters. The number of rotatable bonds is 0. The first kappa shape index (κ1) is 7.50. The molecule has 0 spiro atoms. The Labute approximate surface area is 75.2 Å². The molecule has 0 N–H and O–H groups in total. The molecule has 12 heavy (non-hydrogen) atoms. The van der Waals surface area contributed by atoms with Crippen molar-refractivity contribution < 1.29 is 0 Å². The molecule has 0 bridgehead atoms. The molecule has 0 aliphatic rings. The lowest BCUT2D eigenvalue weighted by Crippen LogP contribution is -1.85. The number of hydrogen-bond acceptors (Lipinski definition) is 2. The number of aryl methyl sites for hydroxylation is 1. The van der Waals surface area contributed by atoms with Gasteiger partial charge >= 0.3 is 0 Å². The minimum Gasteiger partial charge on any atom is -0.236 e. The Kier molecular flexibility index (Phi) is 1.70. The van der Waals surface area contributed by atoms with E-state index in [1.54, 1.807) is 0 Å². The SMILES string of the molecule is Cc1cccc2c(Cl)ncnc12. The molecule has 2 rings (SSSR count). The predicted molar refractivity (Wildman–Crippen MR) is 49.3 cm³/mol. The summed E-state index contributed by atoms with van der Waals surface area (Å²) in [7, 11) is 0. The van der Waals surface area contributed by atoms with E-state index in [1.165, 1.54) is 6.33 Å². The van der Waals surface area contributed by atoms with Crippen molar-refractivity contribution in [3.63, 3.8) is 0 Å². The van der Waals surface area contributed by atoms with Gasteiger partial charge in [0.25, 0.3) is 0 Å². The third-order valence-electron chi connectivity index (χ3n) is 1.82. The van der Waals surface area contributed by atoms with Crippen LogP contribution in [0.5, 0.6) is 0 Å². The number of halogens is 1. The van der Waals surface area contributed by atoms with Crippen molar-refractivity contribution in [1.82, 2.24) is 9.97 Å². The van der Waals surface area contributed by atoms with Crippen LogP contribution in [0.15, 0.2) is 24.5 Å². The van der Waals surface area contributed by atoms with Gasteiger partial charge in [-0.15, -0.1) is 0 Å². The van der Waals surface area contributed by atoms with Crippen molar-refractivity contribution in [2.75, 3.05) is 0 Å². The molecule has 2 aromatic rings. The lowest BCUT2D eigenvalue weighted by Gasteiger charge is -2.00. The molecule has 0 unspecified atom stereocenters. The summed E-state index contributed by atoms with van der Waals surface area (Å²) in [6, 6.07) is 5.88. The number of para-hydroxylation sites is 1. The van der Waals surface area contributed by atoms with E-state index in [-0.39, 0.29) is 0 Å². The first-order valence-corrected chi connectivity index (χ1v) is 4.02. The van der Waals surface area contributed by atoms with E-state index in [2.05, 4.69) is 9.97 Å². The topological polar surface area (TPSA) is 25.8 Å². The molecule has 3 heteroatoms. The van der Waals surface area contributed by atoms with Crippen molar-refractivity contribution >= 4 is 22.5 Å². The largest absolute Gasteiger partial charge is 0.236 e. The van der Waals surface area contributed by atoms with Crippen LogP contribution in [0.3, 0.4) is 0 Å². The number of benzene rings is 1. The van der Waals surface area contributed by atoms with E-state index in [0.29, 0.717) is 5.15 Å². The van der Waals surface area contributed by atoms with E-state index in [0.717, 1.165) is 16.5 Å². The zero-order valence-electron chi connectivity index (χ0n) is 6.58. The fourth-order valence-electron chi connectivity index (χ4n) is 1.20.